The number of nitrogens with zero attached hydrogens (tertiary/aromatic N) is 4. The number of hydrogen-bond donors (Lipinski definition) is 2. The monoisotopic (exact) mass is 268 g/mol. The van der Waals surface area contributed by atoms with Crippen molar-refractivity contribution in [2.75, 3.05) is 0 Å². The van der Waals surface area contributed by atoms with Crippen LogP contribution in [0.15, 0.2) is 49.1 Å². The summed E-state index contributed by atoms with van der Waals surface area (Å²) in [6.07, 6.45) is 4.81. The van der Waals surface area contributed by atoms with E-state index >= 15 is 0 Å². The Balaban J connectivity index is 1.69. The van der Waals surface area contributed by atoms with Crippen LogP contribution in [0.2, 0.25) is 0 Å². The SMILES string of the molecule is O=C(NCc1cnc[nH]1)c1cn(-c2ccccc2)nn1. The van der Waals surface area contributed by atoms with Crippen LogP contribution in [0.3, 0.4) is 0 Å². The molecule has 2 heterocycles. The van der Waals surface area contributed by atoms with Gasteiger partial charge in [-0.3, -0.25) is 4.79 Å². The van der Waals surface area contributed by atoms with Crippen molar-refractivity contribution in [3.63, 3.8) is 0 Å². The number of nitrogens with one attached hydrogen (secondary N) is 2. The van der Waals surface area contributed by atoms with Crippen molar-refractivity contribution in [3.8, 4) is 5.69 Å². The number of H-pyrrole nitrogens is 1. The largest absolute Gasteiger partial charge is 0.347 e. The molecule has 0 aliphatic rings. The number of aromatic amines is 1. The molecule has 0 fully saturated rings. The molecule has 2 aromatic heterocycles. The van der Waals surface area contributed by atoms with Gasteiger partial charge >= 0.3 is 0 Å². The molecule has 1 aromatic carbocycles. The fourth-order valence-corrected chi connectivity index (χ4v) is 1.72. The van der Waals surface area contributed by atoms with E-state index in [1.54, 1.807) is 23.4 Å². The molecule has 0 spiro atoms. The summed E-state index contributed by atoms with van der Waals surface area (Å²) in [7, 11) is 0. The third kappa shape index (κ3) is 2.56. The normalized spacial score (nSPS) is 10.4. The molecule has 0 atom stereocenters. The Labute approximate surface area is 114 Å². The van der Waals surface area contributed by atoms with Crippen LogP contribution in [0, 0.1) is 0 Å². The second-order valence-electron chi connectivity index (χ2n) is 4.14. The Morgan fingerprint density at radius 1 is 1.30 bits per heavy atom. The zero-order chi connectivity index (χ0) is 13.8. The maximum atomic E-state index is 11.9. The Hall–Kier alpha value is -2.96. The molecular formula is C13H12N6O. The lowest BCUT2D eigenvalue weighted by Gasteiger charge is -2.00. The van der Waals surface area contributed by atoms with Crippen LogP contribution in [-0.4, -0.2) is 30.9 Å². The molecule has 0 saturated carbocycles. The molecular weight excluding hydrogens is 256 g/mol. The molecule has 7 nitrogen and oxygen atoms in total. The van der Waals surface area contributed by atoms with Gasteiger partial charge < -0.3 is 10.3 Å². The molecule has 0 bridgehead atoms. The van der Waals surface area contributed by atoms with Crippen LogP contribution in [0.25, 0.3) is 5.69 Å². The van der Waals surface area contributed by atoms with Crippen molar-refractivity contribution in [2.45, 2.75) is 6.54 Å². The van der Waals surface area contributed by atoms with Crippen LogP contribution in [-0.2, 0) is 6.54 Å². The van der Waals surface area contributed by atoms with Gasteiger partial charge in [-0.2, -0.15) is 0 Å². The highest BCUT2D eigenvalue weighted by Crippen LogP contribution is 2.05. The van der Waals surface area contributed by atoms with Gasteiger partial charge in [0.15, 0.2) is 5.69 Å². The van der Waals surface area contributed by atoms with Crippen molar-refractivity contribution in [3.05, 3.63) is 60.4 Å². The van der Waals surface area contributed by atoms with Crippen LogP contribution in [0.1, 0.15) is 16.2 Å². The minimum atomic E-state index is -0.276. The number of benzene rings is 1. The quantitative estimate of drug-likeness (QED) is 0.736. The first kappa shape index (κ1) is 12.1. The smallest absolute Gasteiger partial charge is 0.273 e. The van der Waals surface area contributed by atoms with Gasteiger partial charge in [0.05, 0.1) is 30.5 Å². The van der Waals surface area contributed by atoms with Gasteiger partial charge in [-0.15, -0.1) is 5.10 Å². The second kappa shape index (κ2) is 5.35. The van der Waals surface area contributed by atoms with Crippen molar-refractivity contribution in [2.24, 2.45) is 0 Å². The zero-order valence-corrected chi connectivity index (χ0v) is 10.5. The highest BCUT2D eigenvalue weighted by molar-refractivity contribution is 5.91. The molecule has 0 aliphatic carbocycles. The van der Waals surface area contributed by atoms with Gasteiger partial charge in [-0.1, -0.05) is 23.4 Å². The number of amides is 1. The van der Waals surface area contributed by atoms with E-state index in [1.165, 1.54) is 0 Å². The van der Waals surface area contributed by atoms with E-state index in [-0.39, 0.29) is 11.6 Å². The first-order valence-corrected chi connectivity index (χ1v) is 6.06. The Morgan fingerprint density at radius 3 is 2.90 bits per heavy atom. The number of carbonyl (C=O) groups excluding carboxylic acids is 1. The van der Waals surface area contributed by atoms with E-state index in [2.05, 4.69) is 25.6 Å². The highest BCUT2D eigenvalue weighted by atomic mass is 16.2. The average molecular weight is 268 g/mol. The average Bonchev–Trinajstić information content (AvgIpc) is 3.17. The van der Waals surface area contributed by atoms with Gasteiger partial charge in [0.2, 0.25) is 0 Å². The minimum Gasteiger partial charge on any atom is -0.347 e. The molecule has 0 unspecified atom stereocenters. The fraction of sp³-hybridized carbons (Fsp3) is 0.0769. The van der Waals surface area contributed by atoms with Crippen molar-refractivity contribution in [1.82, 2.24) is 30.3 Å². The van der Waals surface area contributed by atoms with Crippen LogP contribution >= 0.6 is 0 Å². The Kier molecular flexibility index (Phi) is 3.24. The van der Waals surface area contributed by atoms with Gasteiger partial charge in [0, 0.05) is 6.20 Å². The van der Waals surface area contributed by atoms with E-state index < -0.39 is 0 Å². The van der Waals surface area contributed by atoms with E-state index in [0.717, 1.165) is 11.4 Å². The van der Waals surface area contributed by atoms with Gasteiger partial charge in [0.25, 0.3) is 5.91 Å². The lowest BCUT2D eigenvalue weighted by atomic mass is 10.3. The summed E-state index contributed by atoms with van der Waals surface area (Å²) in [5, 5.41) is 10.5. The molecule has 0 saturated heterocycles. The second-order valence-corrected chi connectivity index (χ2v) is 4.14. The molecule has 100 valence electrons. The maximum absolute atomic E-state index is 11.9. The third-order valence-corrected chi connectivity index (χ3v) is 2.74. The number of para-hydroxylation sites is 1. The lowest BCUT2D eigenvalue weighted by molar-refractivity contribution is 0.0945. The number of rotatable bonds is 4. The van der Waals surface area contributed by atoms with Crippen LogP contribution in [0.5, 0.6) is 0 Å². The van der Waals surface area contributed by atoms with Crippen molar-refractivity contribution < 1.29 is 4.79 Å². The topological polar surface area (TPSA) is 88.5 Å². The summed E-state index contributed by atoms with van der Waals surface area (Å²) in [5.74, 6) is -0.276. The summed E-state index contributed by atoms with van der Waals surface area (Å²) in [6.45, 7) is 0.372. The first-order valence-electron chi connectivity index (χ1n) is 6.06. The summed E-state index contributed by atoms with van der Waals surface area (Å²) >= 11 is 0. The van der Waals surface area contributed by atoms with E-state index in [0.29, 0.717) is 6.54 Å². The number of carbonyl (C=O) groups is 1. The highest BCUT2D eigenvalue weighted by Gasteiger charge is 2.11. The maximum Gasteiger partial charge on any atom is 0.273 e. The third-order valence-electron chi connectivity index (χ3n) is 2.74. The molecule has 7 heteroatoms. The predicted molar refractivity (Wildman–Crippen MR) is 71.1 cm³/mol. The molecule has 3 aromatic rings. The van der Waals surface area contributed by atoms with E-state index in [1.807, 2.05) is 30.3 Å². The predicted octanol–water partition coefficient (Wildman–Crippen LogP) is 0.920. The van der Waals surface area contributed by atoms with Gasteiger partial charge in [-0.05, 0) is 12.1 Å². The Morgan fingerprint density at radius 2 is 2.15 bits per heavy atom. The van der Waals surface area contributed by atoms with Gasteiger partial charge in [0.1, 0.15) is 0 Å². The lowest BCUT2D eigenvalue weighted by Crippen LogP contribution is -2.23. The summed E-state index contributed by atoms with van der Waals surface area (Å²) in [6, 6.07) is 9.49. The molecule has 20 heavy (non-hydrogen) atoms. The number of imidazole rings is 1. The van der Waals surface area contributed by atoms with Crippen molar-refractivity contribution >= 4 is 5.91 Å². The van der Waals surface area contributed by atoms with E-state index in [4.69, 9.17) is 0 Å². The molecule has 0 aliphatic heterocycles. The fourth-order valence-electron chi connectivity index (χ4n) is 1.72. The molecule has 1 amide bonds. The standard InChI is InChI=1S/C13H12N6O/c20-13(15-7-10-6-14-9-16-10)12-8-19(18-17-12)11-4-2-1-3-5-11/h1-6,8-9H,7H2,(H,14,16)(H,15,20). The van der Waals surface area contributed by atoms with Crippen LogP contribution in [0.4, 0.5) is 0 Å². The summed E-state index contributed by atoms with van der Waals surface area (Å²) in [4.78, 5) is 18.7. The minimum absolute atomic E-state index is 0.272. The molecule has 2 N–H and O–H groups in total. The van der Waals surface area contributed by atoms with E-state index in [9.17, 15) is 4.79 Å². The zero-order valence-electron chi connectivity index (χ0n) is 10.5. The first-order chi connectivity index (χ1) is 9.83. The van der Waals surface area contributed by atoms with Crippen molar-refractivity contribution in [1.29, 1.82) is 0 Å². The van der Waals surface area contributed by atoms with Crippen LogP contribution < -0.4 is 5.32 Å². The number of hydrogen-bond acceptors (Lipinski definition) is 4. The molecule has 3 rings (SSSR count). The molecule has 0 radical (unpaired) electrons. The summed E-state index contributed by atoms with van der Waals surface area (Å²) in [5.41, 5.74) is 1.95. The summed E-state index contributed by atoms with van der Waals surface area (Å²) < 4.78 is 1.56. The Bertz CT molecular complexity index is 689. The van der Waals surface area contributed by atoms with Gasteiger partial charge in [-0.25, -0.2) is 9.67 Å². The number of aromatic nitrogens is 5.